The van der Waals surface area contributed by atoms with Gasteiger partial charge >= 0.3 is 6.09 Å². The smallest absolute Gasteiger partial charge is 0.414 e. The molecule has 2 rings (SSSR count). The highest BCUT2D eigenvalue weighted by atomic mass is 16.6. The Bertz CT molecular complexity index is 498. The van der Waals surface area contributed by atoms with Crippen molar-refractivity contribution in [3.05, 3.63) is 29.8 Å². The number of carbonyl (C=O) groups is 1. The molecule has 1 aromatic carbocycles. The van der Waals surface area contributed by atoms with Crippen LogP contribution in [0.5, 0.6) is 0 Å². The van der Waals surface area contributed by atoms with E-state index in [1.807, 2.05) is 56.9 Å². The van der Waals surface area contributed by atoms with E-state index in [-0.39, 0.29) is 6.09 Å². The molecule has 1 fully saturated rings. The summed E-state index contributed by atoms with van der Waals surface area (Å²) in [5, 5.41) is 0. The fourth-order valence-electron chi connectivity index (χ4n) is 3.08. The number of aryl methyl sites for hydroxylation is 1. The number of hydrogen-bond donors (Lipinski definition) is 0. The average Bonchev–Trinajstić information content (AvgIpc) is 2.45. The van der Waals surface area contributed by atoms with Crippen LogP contribution < -0.4 is 4.90 Å². The highest BCUT2D eigenvalue weighted by Crippen LogP contribution is 2.29. The molecule has 1 aliphatic carbocycles. The summed E-state index contributed by atoms with van der Waals surface area (Å²) in [6, 6.07) is 8.06. The lowest BCUT2D eigenvalue weighted by molar-refractivity contribution is 0.0572. The van der Waals surface area contributed by atoms with Crippen LogP contribution in [0.1, 0.15) is 58.4 Å². The van der Waals surface area contributed by atoms with Gasteiger partial charge in [-0.1, -0.05) is 37.5 Å². The summed E-state index contributed by atoms with van der Waals surface area (Å²) in [6.07, 6.45) is 6.08. The molecule has 1 aromatic rings. The van der Waals surface area contributed by atoms with Crippen LogP contribution in [0.3, 0.4) is 0 Å². The Kier molecular flexibility index (Phi) is 5.49. The number of hydrogen-bond acceptors (Lipinski definition) is 2. The highest BCUT2D eigenvalue weighted by Gasteiger charge is 2.27. The van der Waals surface area contributed by atoms with Crippen LogP contribution in [0, 0.1) is 12.8 Å². The lowest BCUT2D eigenvalue weighted by Crippen LogP contribution is -2.40. The van der Waals surface area contributed by atoms with Crippen molar-refractivity contribution in [2.75, 3.05) is 11.4 Å². The van der Waals surface area contributed by atoms with Gasteiger partial charge in [0.1, 0.15) is 5.60 Å². The summed E-state index contributed by atoms with van der Waals surface area (Å²) in [4.78, 5) is 14.5. The normalized spacial score (nSPS) is 16.4. The Labute approximate surface area is 134 Å². The molecule has 0 spiro atoms. The molecule has 0 radical (unpaired) electrons. The fourth-order valence-corrected chi connectivity index (χ4v) is 3.08. The predicted molar refractivity (Wildman–Crippen MR) is 91.3 cm³/mol. The van der Waals surface area contributed by atoms with E-state index in [2.05, 4.69) is 0 Å². The summed E-state index contributed by atoms with van der Waals surface area (Å²) in [6.45, 7) is 8.57. The van der Waals surface area contributed by atoms with Crippen molar-refractivity contribution in [1.82, 2.24) is 0 Å². The number of para-hydroxylation sites is 1. The molecule has 0 atom stereocenters. The number of ether oxygens (including phenoxy) is 1. The van der Waals surface area contributed by atoms with Gasteiger partial charge in [-0.05, 0) is 58.1 Å². The molecule has 1 amide bonds. The first-order valence-corrected chi connectivity index (χ1v) is 8.43. The lowest BCUT2D eigenvalue weighted by Gasteiger charge is -2.32. The van der Waals surface area contributed by atoms with Crippen molar-refractivity contribution in [2.24, 2.45) is 5.92 Å². The molecule has 0 aromatic heterocycles. The second kappa shape index (κ2) is 7.17. The number of rotatable bonds is 3. The number of carbonyl (C=O) groups excluding carboxylic acids is 1. The zero-order valence-corrected chi connectivity index (χ0v) is 14.4. The number of anilines is 1. The maximum atomic E-state index is 12.7. The average molecular weight is 303 g/mol. The van der Waals surface area contributed by atoms with E-state index in [4.69, 9.17) is 4.74 Å². The lowest BCUT2D eigenvalue weighted by atomic mass is 9.89. The quantitative estimate of drug-likeness (QED) is 0.756. The fraction of sp³-hybridized carbons (Fsp3) is 0.632. The first-order chi connectivity index (χ1) is 10.4. The second-order valence-electron chi connectivity index (χ2n) is 7.38. The molecule has 0 saturated heterocycles. The van der Waals surface area contributed by atoms with E-state index in [1.165, 1.54) is 32.1 Å². The van der Waals surface area contributed by atoms with E-state index in [0.29, 0.717) is 5.92 Å². The first-order valence-electron chi connectivity index (χ1n) is 8.43. The third-order valence-electron chi connectivity index (χ3n) is 4.19. The molecule has 3 heteroatoms. The maximum Gasteiger partial charge on any atom is 0.414 e. The van der Waals surface area contributed by atoms with Gasteiger partial charge in [0.05, 0.1) is 0 Å². The molecule has 0 bridgehead atoms. The van der Waals surface area contributed by atoms with Crippen molar-refractivity contribution < 1.29 is 9.53 Å². The summed E-state index contributed by atoms with van der Waals surface area (Å²) in [7, 11) is 0. The minimum atomic E-state index is -0.468. The van der Waals surface area contributed by atoms with Crippen molar-refractivity contribution in [3.63, 3.8) is 0 Å². The molecular formula is C19H29NO2. The van der Waals surface area contributed by atoms with E-state index in [9.17, 15) is 4.79 Å². The Morgan fingerprint density at radius 1 is 1.18 bits per heavy atom. The molecule has 0 heterocycles. The molecule has 122 valence electrons. The minimum Gasteiger partial charge on any atom is -0.443 e. The van der Waals surface area contributed by atoms with Crippen LogP contribution in [0.25, 0.3) is 0 Å². The predicted octanol–water partition coefficient (Wildman–Crippen LogP) is 5.32. The highest BCUT2D eigenvalue weighted by molar-refractivity contribution is 5.88. The van der Waals surface area contributed by atoms with Crippen LogP contribution in [0.15, 0.2) is 24.3 Å². The Morgan fingerprint density at radius 2 is 1.82 bits per heavy atom. The molecule has 1 saturated carbocycles. The molecule has 0 N–H and O–H groups in total. The zero-order valence-electron chi connectivity index (χ0n) is 14.4. The Morgan fingerprint density at radius 3 is 2.41 bits per heavy atom. The van der Waals surface area contributed by atoms with Gasteiger partial charge in [0.15, 0.2) is 0 Å². The third-order valence-corrected chi connectivity index (χ3v) is 4.19. The van der Waals surface area contributed by atoms with E-state index < -0.39 is 5.60 Å². The van der Waals surface area contributed by atoms with Crippen molar-refractivity contribution in [2.45, 2.75) is 65.4 Å². The molecule has 22 heavy (non-hydrogen) atoms. The molecule has 0 unspecified atom stereocenters. The Balaban J connectivity index is 2.20. The standard InChI is InChI=1S/C19H29NO2/c1-15-10-8-9-13-17(15)20(18(21)22-19(2,3)4)14-16-11-6-5-7-12-16/h8-10,13,16H,5-7,11-12,14H2,1-4H3. The monoisotopic (exact) mass is 303 g/mol. The molecule has 3 nitrogen and oxygen atoms in total. The zero-order chi connectivity index (χ0) is 16.2. The third kappa shape index (κ3) is 4.75. The number of nitrogens with zero attached hydrogens (tertiary/aromatic N) is 1. The number of amides is 1. The van der Waals surface area contributed by atoms with Gasteiger partial charge in [-0.25, -0.2) is 4.79 Å². The second-order valence-corrected chi connectivity index (χ2v) is 7.38. The van der Waals surface area contributed by atoms with Gasteiger partial charge in [-0.15, -0.1) is 0 Å². The van der Waals surface area contributed by atoms with Gasteiger partial charge in [0.25, 0.3) is 0 Å². The maximum absolute atomic E-state index is 12.7. The summed E-state index contributed by atoms with van der Waals surface area (Å²) in [5.41, 5.74) is 1.62. The van der Waals surface area contributed by atoms with Crippen molar-refractivity contribution >= 4 is 11.8 Å². The van der Waals surface area contributed by atoms with Crippen LogP contribution >= 0.6 is 0 Å². The molecular weight excluding hydrogens is 274 g/mol. The topological polar surface area (TPSA) is 29.5 Å². The largest absolute Gasteiger partial charge is 0.443 e. The van der Waals surface area contributed by atoms with Crippen LogP contribution in [0.2, 0.25) is 0 Å². The van der Waals surface area contributed by atoms with Crippen LogP contribution in [0.4, 0.5) is 10.5 Å². The van der Waals surface area contributed by atoms with E-state index in [0.717, 1.165) is 17.8 Å². The van der Waals surface area contributed by atoms with Gasteiger partial charge in [0, 0.05) is 12.2 Å². The Hall–Kier alpha value is -1.51. The summed E-state index contributed by atoms with van der Waals surface area (Å²) in [5.74, 6) is 0.584. The number of benzene rings is 1. The van der Waals surface area contributed by atoms with E-state index in [1.54, 1.807) is 0 Å². The SMILES string of the molecule is Cc1ccccc1N(CC1CCCCC1)C(=O)OC(C)(C)C. The molecule has 0 aliphatic heterocycles. The van der Waals surface area contributed by atoms with Crippen molar-refractivity contribution in [3.8, 4) is 0 Å². The van der Waals surface area contributed by atoms with Gasteiger partial charge in [-0.3, -0.25) is 4.90 Å². The molecule has 1 aliphatic rings. The van der Waals surface area contributed by atoms with Gasteiger partial charge in [0.2, 0.25) is 0 Å². The van der Waals surface area contributed by atoms with Gasteiger partial charge < -0.3 is 4.74 Å². The van der Waals surface area contributed by atoms with Crippen LogP contribution in [-0.2, 0) is 4.74 Å². The summed E-state index contributed by atoms with van der Waals surface area (Å²) < 4.78 is 5.64. The minimum absolute atomic E-state index is 0.229. The van der Waals surface area contributed by atoms with Gasteiger partial charge in [-0.2, -0.15) is 0 Å². The van der Waals surface area contributed by atoms with E-state index >= 15 is 0 Å². The summed E-state index contributed by atoms with van der Waals surface area (Å²) >= 11 is 0. The first kappa shape index (κ1) is 16.9. The van der Waals surface area contributed by atoms with Crippen LogP contribution in [-0.4, -0.2) is 18.2 Å². The van der Waals surface area contributed by atoms with Crippen molar-refractivity contribution in [1.29, 1.82) is 0 Å².